The van der Waals surface area contributed by atoms with Gasteiger partial charge in [-0.25, -0.2) is 0 Å². The first-order valence-electron chi connectivity index (χ1n) is 9.84. The Morgan fingerprint density at radius 3 is 1.38 bits per heavy atom. The summed E-state index contributed by atoms with van der Waals surface area (Å²) in [5.74, 6) is 0.108. The highest BCUT2D eigenvalue weighted by molar-refractivity contribution is 6.10. The van der Waals surface area contributed by atoms with Crippen molar-refractivity contribution in [3.63, 3.8) is 0 Å². The Kier molecular flexibility index (Phi) is 6.76. The second-order valence-electron chi connectivity index (χ2n) is 7.19. The van der Waals surface area contributed by atoms with E-state index in [1.165, 1.54) is 16.7 Å². The van der Waals surface area contributed by atoms with Crippen LogP contribution in [0.15, 0.2) is 103 Å². The fraction of sp³-hybridized carbons (Fsp3) is 0.107. The van der Waals surface area contributed by atoms with E-state index in [1.807, 2.05) is 68.4 Å². The Morgan fingerprint density at radius 2 is 0.897 bits per heavy atom. The van der Waals surface area contributed by atoms with E-state index in [-0.39, 0.29) is 5.78 Å². The summed E-state index contributed by atoms with van der Waals surface area (Å²) in [5.41, 5.74) is 7.49. The van der Waals surface area contributed by atoms with Gasteiger partial charge in [0.15, 0.2) is 5.78 Å². The Bertz CT molecular complexity index is 1030. The molecular formula is C28H26O. The normalized spacial score (nSPS) is 10.0. The van der Waals surface area contributed by atoms with Gasteiger partial charge in [-0.2, -0.15) is 0 Å². The van der Waals surface area contributed by atoms with Gasteiger partial charge in [-0.05, 0) is 43.0 Å². The Hall–Kier alpha value is -3.45. The van der Waals surface area contributed by atoms with Crippen LogP contribution >= 0.6 is 0 Å². The van der Waals surface area contributed by atoms with Gasteiger partial charge in [0.1, 0.15) is 0 Å². The van der Waals surface area contributed by atoms with Crippen LogP contribution in [0.3, 0.4) is 0 Å². The molecule has 4 rings (SSSR count). The third-order valence-corrected chi connectivity index (χ3v) is 4.94. The minimum atomic E-state index is 0.108. The van der Waals surface area contributed by atoms with E-state index in [2.05, 4.69) is 55.5 Å². The Morgan fingerprint density at radius 1 is 0.483 bits per heavy atom. The summed E-state index contributed by atoms with van der Waals surface area (Å²) in [4.78, 5) is 12.3. The standard InChI is InChI=1S/C15H14O.C13H12/c1-11-7-3-5-9-13(11)15(16)14-10-6-4-8-12(14)2;1-11-7-9-13(10-8-11)12-5-3-2-4-6-12/h3-10H,1-2H3;2-10H,1H3. The SMILES string of the molecule is Cc1ccc(-c2ccccc2)cc1.Cc1ccccc1C(=O)c1ccccc1C. The number of carbonyl (C=O) groups excluding carboxylic acids is 1. The van der Waals surface area contributed by atoms with Crippen LogP contribution in [-0.2, 0) is 0 Å². The lowest BCUT2D eigenvalue weighted by Gasteiger charge is -2.06. The molecule has 1 nitrogen and oxygen atoms in total. The zero-order valence-corrected chi connectivity index (χ0v) is 17.2. The van der Waals surface area contributed by atoms with Gasteiger partial charge in [0.2, 0.25) is 0 Å². The topological polar surface area (TPSA) is 17.1 Å². The lowest BCUT2D eigenvalue weighted by molar-refractivity contribution is 0.103. The molecule has 0 aromatic heterocycles. The quantitative estimate of drug-likeness (QED) is 0.345. The van der Waals surface area contributed by atoms with E-state index < -0.39 is 0 Å². The smallest absolute Gasteiger partial charge is 0.193 e. The number of aryl methyl sites for hydroxylation is 3. The fourth-order valence-corrected chi connectivity index (χ4v) is 3.18. The predicted octanol–water partition coefficient (Wildman–Crippen LogP) is 7.20. The molecule has 0 fully saturated rings. The minimum absolute atomic E-state index is 0.108. The molecule has 4 aromatic rings. The average molecular weight is 379 g/mol. The van der Waals surface area contributed by atoms with Gasteiger partial charge in [0.25, 0.3) is 0 Å². The van der Waals surface area contributed by atoms with Gasteiger partial charge in [-0.15, -0.1) is 0 Å². The van der Waals surface area contributed by atoms with Gasteiger partial charge in [-0.3, -0.25) is 4.79 Å². The molecule has 1 heteroatoms. The third-order valence-electron chi connectivity index (χ3n) is 4.94. The highest BCUT2D eigenvalue weighted by atomic mass is 16.1. The van der Waals surface area contributed by atoms with Gasteiger partial charge in [0, 0.05) is 11.1 Å². The molecule has 0 aliphatic heterocycles. The van der Waals surface area contributed by atoms with Crippen LogP contribution in [-0.4, -0.2) is 5.78 Å². The summed E-state index contributed by atoms with van der Waals surface area (Å²) in [7, 11) is 0. The van der Waals surface area contributed by atoms with E-state index in [0.29, 0.717) is 0 Å². The summed E-state index contributed by atoms with van der Waals surface area (Å²) in [6.07, 6.45) is 0. The Balaban J connectivity index is 0.000000169. The third kappa shape index (κ3) is 5.30. The molecule has 0 aliphatic rings. The molecule has 0 atom stereocenters. The first kappa shape index (κ1) is 20.3. The zero-order valence-electron chi connectivity index (χ0n) is 17.2. The molecule has 29 heavy (non-hydrogen) atoms. The van der Waals surface area contributed by atoms with Crippen LogP contribution < -0.4 is 0 Å². The highest BCUT2D eigenvalue weighted by Gasteiger charge is 2.12. The second-order valence-corrected chi connectivity index (χ2v) is 7.19. The summed E-state index contributed by atoms with van der Waals surface area (Å²) >= 11 is 0. The molecule has 0 spiro atoms. The molecule has 0 saturated heterocycles. The summed E-state index contributed by atoms with van der Waals surface area (Å²) < 4.78 is 0. The van der Waals surface area contributed by atoms with Crippen molar-refractivity contribution in [1.82, 2.24) is 0 Å². The molecule has 0 unspecified atom stereocenters. The molecule has 4 aromatic carbocycles. The van der Waals surface area contributed by atoms with Crippen LogP contribution in [0.25, 0.3) is 11.1 Å². The lowest BCUT2D eigenvalue weighted by Crippen LogP contribution is -2.05. The van der Waals surface area contributed by atoms with E-state index in [1.54, 1.807) is 0 Å². The van der Waals surface area contributed by atoms with E-state index in [0.717, 1.165) is 22.3 Å². The fourth-order valence-electron chi connectivity index (χ4n) is 3.18. The number of carbonyl (C=O) groups is 1. The van der Waals surface area contributed by atoms with Crippen LogP contribution in [0.4, 0.5) is 0 Å². The molecule has 144 valence electrons. The molecule has 0 aliphatic carbocycles. The number of rotatable bonds is 3. The van der Waals surface area contributed by atoms with Crippen molar-refractivity contribution in [2.45, 2.75) is 20.8 Å². The first-order chi connectivity index (χ1) is 14.1. The zero-order chi connectivity index (χ0) is 20.6. The van der Waals surface area contributed by atoms with Crippen molar-refractivity contribution >= 4 is 5.78 Å². The molecule has 0 saturated carbocycles. The number of hydrogen-bond acceptors (Lipinski definition) is 1. The highest BCUT2D eigenvalue weighted by Crippen LogP contribution is 2.19. The van der Waals surface area contributed by atoms with Crippen molar-refractivity contribution < 1.29 is 4.79 Å². The van der Waals surface area contributed by atoms with Gasteiger partial charge in [0.05, 0.1) is 0 Å². The van der Waals surface area contributed by atoms with E-state index in [9.17, 15) is 4.79 Å². The summed E-state index contributed by atoms with van der Waals surface area (Å²) in [6.45, 7) is 6.03. The van der Waals surface area contributed by atoms with Crippen LogP contribution in [0, 0.1) is 20.8 Å². The number of hydrogen-bond donors (Lipinski definition) is 0. The molecule has 0 radical (unpaired) electrons. The molecule has 0 N–H and O–H groups in total. The number of benzene rings is 4. The molecule has 0 bridgehead atoms. The average Bonchev–Trinajstić information content (AvgIpc) is 2.76. The minimum Gasteiger partial charge on any atom is -0.289 e. The van der Waals surface area contributed by atoms with Crippen molar-refractivity contribution in [3.05, 3.63) is 131 Å². The van der Waals surface area contributed by atoms with Crippen LogP contribution in [0.1, 0.15) is 32.6 Å². The largest absolute Gasteiger partial charge is 0.289 e. The van der Waals surface area contributed by atoms with Gasteiger partial charge >= 0.3 is 0 Å². The van der Waals surface area contributed by atoms with Crippen molar-refractivity contribution in [3.8, 4) is 11.1 Å². The number of ketones is 1. The molecule has 0 amide bonds. The first-order valence-corrected chi connectivity index (χ1v) is 9.84. The maximum atomic E-state index is 12.3. The monoisotopic (exact) mass is 378 g/mol. The predicted molar refractivity (Wildman–Crippen MR) is 122 cm³/mol. The maximum absolute atomic E-state index is 12.3. The van der Waals surface area contributed by atoms with Gasteiger partial charge < -0.3 is 0 Å². The summed E-state index contributed by atoms with van der Waals surface area (Å²) in [5, 5.41) is 0. The van der Waals surface area contributed by atoms with Crippen LogP contribution in [0.5, 0.6) is 0 Å². The van der Waals surface area contributed by atoms with Gasteiger partial charge in [-0.1, -0.05) is 109 Å². The Labute approximate surface area is 173 Å². The van der Waals surface area contributed by atoms with E-state index in [4.69, 9.17) is 0 Å². The second kappa shape index (κ2) is 9.66. The molecule has 0 heterocycles. The van der Waals surface area contributed by atoms with Crippen molar-refractivity contribution in [2.75, 3.05) is 0 Å². The summed E-state index contributed by atoms with van der Waals surface area (Å²) in [6, 6.07) is 34.4. The van der Waals surface area contributed by atoms with Crippen molar-refractivity contribution in [2.24, 2.45) is 0 Å². The van der Waals surface area contributed by atoms with Crippen molar-refractivity contribution in [1.29, 1.82) is 0 Å². The van der Waals surface area contributed by atoms with Crippen LogP contribution in [0.2, 0.25) is 0 Å². The lowest BCUT2D eigenvalue weighted by atomic mass is 9.96. The maximum Gasteiger partial charge on any atom is 0.193 e. The van der Waals surface area contributed by atoms with E-state index >= 15 is 0 Å². The molecular weight excluding hydrogens is 352 g/mol.